The summed E-state index contributed by atoms with van der Waals surface area (Å²) in [6, 6.07) is 8.75. The van der Waals surface area contributed by atoms with Gasteiger partial charge in [0.05, 0.1) is 12.6 Å². The number of nitrogens with zero attached hydrogens (tertiary/aromatic N) is 3. The van der Waals surface area contributed by atoms with E-state index in [1.807, 2.05) is 15.9 Å². The van der Waals surface area contributed by atoms with Crippen molar-refractivity contribution in [1.82, 2.24) is 14.7 Å². The van der Waals surface area contributed by atoms with Crippen LogP contribution >= 0.6 is 11.3 Å². The van der Waals surface area contributed by atoms with E-state index in [0.29, 0.717) is 26.2 Å². The first-order valence-corrected chi connectivity index (χ1v) is 13.9. The van der Waals surface area contributed by atoms with Gasteiger partial charge in [0.2, 0.25) is 11.8 Å². The lowest BCUT2D eigenvalue weighted by Crippen LogP contribution is -2.58. The van der Waals surface area contributed by atoms with Crippen LogP contribution < -0.4 is 0 Å². The third kappa shape index (κ3) is 5.78. The molecule has 0 aliphatic carbocycles. The summed E-state index contributed by atoms with van der Waals surface area (Å²) in [6.07, 6.45) is 4.89. The smallest absolute Gasteiger partial charge is 0.236 e. The van der Waals surface area contributed by atoms with E-state index < -0.39 is 0 Å². The van der Waals surface area contributed by atoms with E-state index >= 15 is 0 Å². The van der Waals surface area contributed by atoms with Crippen LogP contribution in [-0.4, -0.2) is 65.3 Å². The van der Waals surface area contributed by atoms with E-state index in [0.717, 1.165) is 44.2 Å². The molecule has 2 aliphatic rings. The molecule has 190 valence electrons. The molecule has 0 unspecified atom stereocenters. The second-order valence-electron chi connectivity index (χ2n) is 9.94. The first-order chi connectivity index (χ1) is 16.9. The molecule has 1 aromatic carbocycles. The Morgan fingerprint density at radius 2 is 2.00 bits per heavy atom. The number of fused-ring (bicyclic) bond motifs is 1. The van der Waals surface area contributed by atoms with Crippen LogP contribution in [-0.2, 0) is 16.0 Å². The molecule has 3 atom stereocenters. The molecule has 0 radical (unpaired) electrons. The number of amides is 2. The molecule has 5 nitrogen and oxygen atoms in total. The fourth-order valence-corrected chi connectivity index (χ4v) is 6.48. The van der Waals surface area contributed by atoms with Gasteiger partial charge in [0, 0.05) is 43.0 Å². The van der Waals surface area contributed by atoms with Crippen LogP contribution in [0.5, 0.6) is 0 Å². The maximum absolute atomic E-state index is 14.1. The molecule has 4 rings (SSSR count). The second-order valence-corrected chi connectivity index (χ2v) is 10.9. The monoisotopic (exact) mass is 499 g/mol. The van der Waals surface area contributed by atoms with Gasteiger partial charge in [0.1, 0.15) is 5.82 Å². The van der Waals surface area contributed by atoms with Crippen molar-refractivity contribution in [2.45, 2.75) is 65.0 Å². The zero-order chi connectivity index (χ0) is 24.9. The molecule has 2 aliphatic heterocycles. The van der Waals surface area contributed by atoms with Gasteiger partial charge in [0.15, 0.2) is 0 Å². The maximum atomic E-state index is 14.1. The van der Waals surface area contributed by atoms with Gasteiger partial charge in [-0.2, -0.15) is 0 Å². The van der Waals surface area contributed by atoms with Gasteiger partial charge in [-0.15, -0.1) is 11.3 Å². The maximum Gasteiger partial charge on any atom is 0.236 e. The minimum atomic E-state index is -0.255. The van der Waals surface area contributed by atoms with Crippen molar-refractivity contribution in [3.8, 4) is 0 Å². The number of rotatable bonds is 8. The quantitative estimate of drug-likeness (QED) is 0.507. The third-order valence-electron chi connectivity index (χ3n) is 7.58. The Hall–Kier alpha value is -2.25. The van der Waals surface area contributed by atoms with E-state index in [-0.39, 0.29) is 35.6 Å². The minimum absolute atomic E-state index is 0.0136. The second kappa shape index (κ2) is 11.7. The molecule has 0 spiro atoms. The molecular formula is C28H38FN3O2S. The van der Waals surface area contributed by atoms with E-state index in [4.69, 9.17) is 0 Å². The zero-order valence-corrected chi connectivity index (χ0v) is 22.0. The molecule has 3 heterocycles. The predicted molar refractivity (Wildman–Crippen MR) is 139 cm³/mol. The highest BCUT2D eigenvalue weighted by Gasteiger charge is 2.35. The van der Waals surface area contributed by atoms with Gasteiger partial charge in [0.25, 0.3) is 0 Å². The van der Waals surface area contributed by atoms with Gasteiger partial charge in [-0.1, -0.05) is 38.8 Å². The summed E-state index contributed by atoms with van der Waals surface area (Å²) < 4.78 is 14.1. The number of hydrogen-bond acceptors (Lipinski definition) is 4. The Morgan fingerprint density at radius 3 is 2.71 bits per heavy atom. The molecule has 1 aromatic heterocycles. The van der Waals surface area contributed by atoms with Crippen molar-refractivity contribution in [2.24, 2.45) is 5.92 Å². The summed E-state index contributed by atoms with van der Waals surface area (Å²) in [5.41, 5.74) is 2.07. The fraction of sp³-hybridized carbons (Fsp3) is 0.571. The Bertz CT molecular complexity index is 1030. The highest BCUT2D eigenvalue weighted by atomic mass is 32.1. The van der Waals surface area contributed by atoms with Crippen LogP contribution in [0.3, 0.4) is 0 Å². The molecule has 35 heavy (non-hydrogen) atoms. The summed E-state index contributed by atoms with van der Waals surface area (Å²) in [7, 11) is 0. The summed E-state index contributed by atoms with van der Waals surface area (Å²) >= 11 is 1.74. The highest BCUT2D eigenvalue weighted by molar-refractivity contribution is 7.10. The van der Waals surface area contributed by atoms with Crippen LogP contribution in [0.15, 0.2) is 35.7 Å². The lowest BCUT2D eigenvalue weighted by molar-refractivity contribution is -0.146. The largest absolute Gasteiger partial charge is 0.338 e. The average molecular weight is 500 g/mol. The minimum Gasteiger partial charge on any atom is -0.338 e. The van der Waals surface area contributed by atoms with Gasteiger partial charge >= 0.3 is 0 Å². The molecule has 0 saturated carbocycles. The summed E-state index contributed by atoms with van der Waals surface area (Å²) in [5, 5.41) is 2.09. The van der Waals surface area contributed by atoms with Crippen LogP contribution in [0, 0.1) is 11.7 Å². The van der Waals surface area contributed by atoms with Crippen molar-refractivity contribution in [1.29, 1.82) is 0 Å². The third-order valence-corrected chi connectivity index (χ3v) is 8.58. The molecular weight excluding hydrogens is 461 g/mol. The summed E-state index contributed by atoms with van der Waals surface area (Å²) in [5.74, 6) is 0.157. The number of hydrogen-bond donors (Lipinski definition) is 0. The van der Waals surface area contributed by atoms with Crippen molar-refractivity contribution in [3.05, 3.63) is 57.5 Å². The Labute approximate surface area is 212 Å². The van der Waals surface area contributed by atoms with E-state index in [1.54, 1.807) is 23.5 Å². The predicted octanol–water partition coefficient (Wildman–Crippen LogP) is 5.11. The van der Waals surface area contributed by atoms with E-state index in [9.17, 15) is 14.0 Å². The standard InChI is InChI=1S/C28H38FN3O2S/c1-4-6-8-21(5-2)28(34)32-15-14-30(18-20(32)3)26(33)19-31-13-11-25-24(12-16-35-25)27(31)22-9-7-10-23(29)17-22/h7,9-10,12,16-17,20-21,27H,4-6,8,11,13-15,18-19H2,1-3H3/t20-,21+,27-/m1/s1. The molecule has 0 bridgehead atoms. The number of carbonyl (C=O) groups excluding carboxylic acids is 2. The number of carbonyl (C=O) groups is 2. The SMILES string of the molecule is CCCC[C@H](CC)C(=O)N1CCN(C(=O)CN2CCc3sccc3[C@H]2c2cccc(F)c2)C[C@H]1C. The van der Waals surface area contributed by atoms with Crippen LogP contribution in [0.2, 0.25) is 0 Å². The lowest BCUT2D eigenvalue weighted by Gasteiger charge is -2.42. The van der Waals surface area contributed by atoms with Gasteiger partial charge in [-0.25, -0.2) is 4.39 Å². The number of unbranched alkanes of at least 4 members (excludes halogenated alkanes) is 1. The zero-order valence-electron chi connectivity index (χ0n) is 21.2. The van der Waals surface area contributed by atoms with E-state index in [2.05, 4.69) is 37.1 Å². The van der Waals surface area contributed by atoms with Crippen LogP contribution in [0.1, 0.15) is 68.5 Å². The van der Waals surface area contributed by atoms with Crippen molar-refractivity contribution in [3.63, 3.8) is 0 Å². The Kier molecular flexibility index (Phi) is 8.60. The van der Waals surface area contributed by atoms with Crippen molar-refractivity contribution >= 4 is 23.2 Å². The molecule has 1 saturated heterocycles. The van der Waals surface area contributed by atoms with Crippen LogP contribution in [0.4, 0.5) is 4.39 Å². The molecule has 0 N–H and O–H groups in total. The Balaban J connectivity index is 1.43. The number of benzene rings is 1. The van der Waals surface area contributed by atoms with E-state index in [1.165, 1.54) is 16.5 Å². The number of halogens is 1. The van der Waals surface area contributed by atoms with Crippen molar-refractivity contribution in [2.75, 3.05) is 32.7 Å². The highest BCUT2D eigenvalue weighted by Crippen LogP contribution is 2.38. The molecule has 1 fully saturated rings. The molecule has 7 heteroatoms. The van der Waals surface area contributed by atoms with Crippen molar-refractivity contribution < 1.29 is 14.0 Å². The average Bonchev–Trinajstić information content (AvgIpc) is 3.33. The van der Waals surface area contributed by atoms with Gasteiger partial charge < -0.3 is 9.80 Å². The molecule has 2 aromatic rings. The summed E-state index contributed by atoms with van der Waals surface area (Å²) in [6.45, 7) is 9.10. The molecule has 2 amide bonds. The summed E-state index contributed by atoms with van der Waals surface area (Å²) in [4.78, 5) is 34.0. The normalized spacial score (nSPS) is 21.6. The first-order valence-electron chi connectivity index (χ1n) is 13.1. The first kappa shape index (κ1) is 25.8. The topological polar surface area (TPSA) is 43.9 Å². The Morgan fingerprint density at radius 1 is 1.17 bits per heavy atom. The lowest BCUT2D eigenvalue weighted by atomic mass is 9.93. The number of piperazine rings is 1. The van der Waals surface area contributed by atoms with Gasteiger partial charge in [-0.05, 0) is 60.9 Å². The van der Waals surface area contributed by atoms with Gasteiger partial charge in [-0.3, -0.25) is 14.5 Å². The fourth-order valence-electron chi connectivity index (χ4n) is 5.58. The number of thiophene rings is 1. The van der Waals surface area contributed by atoms with Crippen LogP contribution in [0.25, 0.3) is 0 Å².